The summed E-state index contributed by atoms with van der Waals surface area (Å²) in [6, 6.07) is 31.0. The first-order valence-electron chi connectivity index (χ1n) is 11.5. The van der Waals surface area contributed by atoms with Gasteiger partial charge in [0.1, 0.15) is 0 Å². The van der Waals surface area contributed by atoms with Crippen molar-refractivity contribution in [3.8, 4) is 20.9 Å². The Bertz CT molecular complexity index is 1350. The van der Waals surface area contributed by atoms with E-state index in [4.69, 9.17) is 0 Å². The summed E-state index contributed by atoms with van der Waals surface area (Å²) in [6.45, 7) is 7.48. The zero-order chi connectivity index (χ0) is 23.9. The van der Waals surface area contributed by atoms with Gasteiger partial charge in [0.2, 0.25) is 0 Å². The van der Waals surface area contributed by atoms with E-state index < -0.39 is 0 Å². The number of thiophene rings is 2. The van der Waals surface area contributed by atoms with E-state index in [1.165, 1.54) is 76.9 Å². The minimum absolute atomic E-state index is 0. The Balaban J connectivity index is 0.000000616. The van der Waals surface area contributed by atoms with Gasteiger partial charge in [0, 0.05) is 9.75 Å². The minimum atomic E-state index is 0. The Labute approximate surface area is 266 Å². The second-order valence-electron chi connectivity index (χ2n) is 8.01. The fourth-order valence-electron chi connectivity index (χ4n) is 4.30. The molecular weight excluding hydrogens is 639 g/mol. The average molecular weight is 673 g/mol. The van der Waals surface area contributed by atoms with Crippen LogP contribution in [0.15, 0.2) is 95.7 Å². The van der Waals surface area contributed by atoms with Crippen LogP contribution in [0.5, 0.6) is 0 Å². The van der Waals surface area contributed by atoms with Crippen molar-refractivity contribution in [3.63, 3.8) is 0 Å². The van der Waals surface area contributed by atoms with Crippen LogP contribution in [-0.4, -0.2) is 6.88 Å². The molecule has 0 bridgehead atoms. The fourth-order valence-corrected chi connectivity index (χ4v) is 5.83. The molecule has 38 heavy (non-hydrogen) atoms. The van der Waals surface area contributed by atoms with Gasteiger partial charge in [0.25, 0.3) is 0 Å². The van der Waals surface area contributed by atoms with Crippen molar-refractivity contribution in [1.82, 2.24) is 0 Å². The predicted octanol–water partition coefficient (Wildman–Crippen LogP) is 11.1. The molecule has 0 unspecified atom stereocenters. The Kier molecular flexibility index (Phi) is 17.6. The van der Waals surface area contributed by atoms with Crippen LogP contribution in [0, 0.1) is 14.9 Å². The fraction of sp³-hybridized carbons (Fsp3) is 0.125. The molecule has 0 aliphatic carbocycles. The summed E-state index contributed by atoms with van der Waals surface area (Å²) < 4.78 is 0. The van der Waals surface area contributed by atoms with Crippen LogP contribution in [0.25, 0.3) is 42.4 Å². The quantitative estimate of drug-likeness (QED) is 0.129. The standard InChI is InChI=1S/2C15H13S.2CH3.2ClH.Si.Zr/c2*1-2-11-9-12-5-3-6-13(14(12)10-11)15-7-4-8-16-15;;;;;;/h2*3-10H,2H2,1H3;2*1H3;2*1H;;/q4*-1;;;;. The summed E-state index contributed by atoms with van der Waals surface area (Å²) in [7, 11) is 0. The van der Waals surface area contributed by atoms with Gasteiger partial charge >= 0.3 is 30.2 Å². The summed E-state index contributed by atoms with van der Waals surface area (Å²) >= 11 is 4.97. The number of benzene rings is 2. The van der Waals surface area contributed by atoms with Gasteiger partial charge in [-0.3, -0.25) is 0 Å². The molecule has 0 saturated carbocycles. The third-order valence-corrected chi connectivity index (χ3v) is 7.82. The molecule has 0 atom stereocenters. The van der Waals surface area contributed by atoms with Crippen LogP contribution >= 0.6 is 47.5 Å². The summed E-state index contributed by atoms with van der Waals surface area (Å²) in [5, 5.41) is 9.78. The molecule has 6 heteroatoms. The molecular formula is C32H34Cl2S2SiZr-4. The van der Waals surface area contributed by atoms with E-state index in [1.54, 1.807) is 0 Å². The van der Waals surface area contributed by atoms with Crippen LogP contribution in [0.1, 0.15) is 25.0 Å². The van der Waals surface area contributed by atoms with Crippen LogP contribution < -0.4 is 0 Å². The maximum atomic E-state index is 3.06. The summed E-state index contributed by atoms with van der Waals surface area (Å²) in [6.07, 6.45) is 2.22. The Morgan fingerprint density at radius 2 is 1.03 bits per heavy atom. The van der Waals surface area contributed by atoms with Crippen molar-refractivity contribution in [1.29, 1.82) is 0 Å². The van der Waals surface area contributed by atoms with E-state index in [0.717, 1.165) is 12.8 Å². The first-order chi connectivity index (χ1) is 16.8. The van der Waals surface area contributed by atoms with Crippen molar-refractivity contribution in [2.75, 3.05) is 0 Å². The van der Waals surface area contributed by atoms with E-state index in [-0.39, 0.29) is 39.7 Å². The van der Waals surface area contributed by atoms with Gasteiger partial charge < -0.3 is 14.9 Å². The van der Waals surface area contributed by atoms with Crippen molar-refractivity contribution >= 4 is 75.9 Å². The summed E-state index contributed by atoms with van der Waals surface area (Å²) in [4.78, 5) is 2.72. The number of aryl methyl sites for hydroxylation is 2. The van der Waals surface area contributed by atoms with E-state index in [2.05, 4.69) is 116 Å². The first kappa shape index (κ1) is 36.7. The predicted molar refractivity (Wildman–Crippen MR) is 178 cm³/mol. The molecule has 0 amide bonds. The van der Waals surface area contributed by atoms with Gasteiger partial charge in [-0.2, -0.15) is 12.1 Å². The zero-order valence-electron chi connectivity index (χ0n) is 22.3. The SMILES string of the molecule is CCc1cc2c(-c3cccs3)cccc2[cH-]1.CCc1cc2c(-c3cccs3)cccc2[cH-]1.Cl.Cl.[CH3-].[CH3-].[Si]=[Zr]. The van der Waals surface area contributed by atoms with Gasteiger partial charge in [0.15, 0.2) is 0 Å². The van der Waals surface area contributed by atoms with Crippen LogP contribution in [-0.2, 0) is 36.2 Å². The molecule has 0 N–H and O–H groups in total. The van der Waals surface area contributed by atoms with Crippen molar-refractivity contribution in [2.45, 2.75) is 26.7 Å². The van der Waals surface area contributed by atoms with Crippen LogP contribution in [0.4, 0.5) is 0 Å². The topological polar surface area (TPSA) is 0 Å². The monoisotopic (exact) mass is 670 g/mol. The number of hydrogen-bond acceptors (Lipinski definition) is 2. The molecule has 0 aliphatic rings. The summed E-state index contributed by atoms with van der Waals surface area (Å²) in [5.74, 6) is 0. The molecule has 0 nitrogen and oxygen atoms in total. The number of fused-ring (bicyclic) bond motifs is 2. The van der Waals surface area contributed by atoms with Gasteiger partial charge in [-0.05, 0) is 35.7 Å². The molecule has 2 aromatic heterocycles. The van der Waals surface area contributed by atoms with Gasteiger partial charge in [0.05, 0.1) is 0 Å². The van der Waals surface area contributed by atoms with E-state index in [1.807, 2.05) is 22.7 Å². The number of halogens is 2. The maximum absolute atomic E-state index is 3.06. The zero-order valence-corrected chi connectivity index (χ0v) is 29.0. The van der Waals surface area contributed by atoms with E-state index in [0.29, 0.717) is 0 Å². The average Bonchev–Trinajstić information content (AvgIpc) is 3.70. The second kappa shape index (κ2) is 18.2. The van der Waals surface area contributed by atoms with Crippen molar-refractivity contribution in [2.24, 2.45) is 0 Å². The Hall–Kier alpha value is -1.26. The van der Waals surface area contributed by atoms with Crippen molar-refractivity contribution in [3.05, 3.63) is 122 Å². The molecule has 6 aromatic rings. The van der Waals surface area contributed by atoms with Crippen LogP contribution in [0.3, 0.4) is 0 Å². The summed E-state index contributed by atoms with van der Waals surface area (Å²) in [5.41, 5.74) is 5.59. The number of hydrogen-bond donors (Lipinski definition) is 0. The normalized spacial score (nSPS) is 9.39. The Morgan fingerprint density at radius 1 is 0.632 bits per heavy atom. The molecule has 6 rings (SSSR count). The third-order valence-electron chi connectivity index (χ3n) is 6.01. The molecule has 4 aromatic carbocycles. The molecule has 0 saturated heterocycles. The molecule has 200 valence electrons. The van der Waals surface area contributed by atoms with E-state index in [9.17, 15) is 0 Å². The van der Waals surface area contributed by atoms with Gasteiger partial charge in [-0.25, -0.2) is 0 Å². The van der Waals surface area contributed by atoms with Crippen molar-refractivity contribution < 1.29 is 23.3 Å². The first-order valence-corrected chi connectivity index (χ1v) is 17.4. The number of rotatable bonds is 4. The molecule has 0 spiro atoms. The van der Waals surface area contributed by atoms with Crippen LogP contribution in [0.2, 0.25) is 0 Å². The molecule has 2 heterocycles. The molecule has 2 radical (unpaired) electrons. The van der Waals surface area contributed by atoms with E-state index >= 15 is 0 Å². The Morgan fingerprint density at radius 3 is 1.34 bits per heavy atom. The molecule has 0 aliphatic heterocycles. The van der Waals surface area contributed by atoms with Gasteiger partial charge in [-0.1, -0.05) is 49.2 Å². The third kappa shape index (κ3) is 8.37. The van der Waals surface area contributed by atoms with Gasteiger partial charge in [-0.15, -0.1) is 117 Å². The molecule has 0 fully saturated rings. The second-order valence-corrected chi connectivity index (χ2v) is 9.90.